The molecule has 182 valence electrons. The van der Waals surface area contributed by atoms with E-state index in [4.69, 9.17) is 4.74 Å². The first kappa shape index (κ1) is 24.0. The monoisotopic (exact) mass is 485 g/mol. The van der Waals surface area contributed by atoms with Crippen LogP contribution in [0.4, 0.5) is 13.2 Å². The number of aromatic nitrogens is 5. The van der Waals surface area contributed by atoms with Crippen molar-refractivity contribution in [3.05, 3.63) is 99.0 Å². The molecule has 8 nitrogen and oxygen atoms in total. The van der Waals surface area contributed by atoms with Gasteiger partial charge >= 0.3 is 11.7 Å². The number of carbonyl (C=O) groups is 1. The summed E-state index contributed by atoms with van der Waals surface area (Å²) < 4.78 is 51.6. The summed E-state index contributed by atoms with van der Waals surface area (Å²) in [6.07, 6.45) is 1.13. The van der Waals surface area contributed by atoms with Crippen LogP contribution in [-0.2, 0) is 17.8 Å². The second kappa shape index (κ2) is 9.61. The number of hydrogen-bond acceptors (Lipinski definition) is 5. The third-order valence-electron chi connectivity index (χ3n) is 5.61. The highest BCUT2D eigenvalue weighted by molar-refractivity contribution is 5.88. The lowest BCUT2D eigenvalue weighted by molar-refractivity contribution is 0.0519. The molecule has 0 aliphatic rings. The van der Waals surface area contributed by atoms with Crippen LogP contribution in [0, 0.1) is 31.3 Å². The summed E-state index contributed by atoms with van der Waals surface area (Å²) in [7, 11) is 0. The van der Waals surface area contributed by atoms with Crippen molar-refractivity contribution in [1.29, 1.82) is 0 Å². The zero-order chi connectivity index (χ0) is 25.3. The molecule has 0 saturated heterocycles. The van der Waals surface area contributed by atoms with Crippen molar-refractivity contribution in [2.45, 2.75) is 33.9 Å². The molecule has 0 amide bonds. The highest BCUT2D eigenvalue weighted by atomic mass is 19.1. The zero-order valence-corrected chi connectivity index (χ0v) is 19.3. The van der Waals surface area contributed by atoms with Gasteiger partial charge in [-0.15, -0.1) is 0 Å². The predicted octanol–water partition coefficient (Wildman–Crippen LogP) is 3.54. The number of ether oxygens (including phenoxy) is 1. The summed E-state index contributed by atoms with van der Waals surface area (Å²) in [6.45, 7) is 5.05. The quantitative estimate of drug-likeness (QED) is 0.374. The molecule has 0 aliphatic heterocycles. The normalized spacial score (nSPS) is 11.1. The predicted molar refractivity (Wildman–Crippen MR) is 120 cm³/mol. The molecule has 2 aromatic carbocycles. The number of imidazole rings is 1. The number of halogens is 3. The summed E-state index contributed by atoms with van der Waals surface area (Å²) in [5, 5.41) is 3.95. The first-order valence-corrected chi connectivity index (χ1v) is 10.8. The highest BCUT2D eigenvalue weighted by Crippen LogP contribution is 2.19. The van der Waals surface area contributed by atoms with Crippen molar-refractivity contribution in [3.63, 3.8) is 0 Å². The zero-order valence-electron chi connectivity index (χ0n) is 19.3. The van der Waals surface area contributed by atoms with Gasteiger partial charge in [-0.1, -0.05) is 12.1 Å². The van der Waals surface area contributed by atoms with Gasteiger partial charge in [-0.05, 0) is 39.0 Å². The van der Waals surface area contributed by atoms with Gasteiger partial charge < -0.3 is 9.30 Å². The average molecular weight is 485 g/mol. The smallest absolute Gasteiger partial charge is 0.358 e. The second-order valence-corrected chi connectivity index (χ2v) is 7.83. The molecule has 0 spiro atoms. The Kier molecular flexibility index (Phi) is 6.59. The van der Waals surface area contributed by atoms with Gasteiger partial charge in [0.15, 0.2) is 5.69 Å². The summed E-state index contributed by atoms with van der Waals surface area (Å²) in [5.41, 5.74) is 0.206. The number of rotatable bonds is 7. The Morgan fingerprint density at radius 3 is 2.40 bits per heavy atom. The van der Waals surface area contributed by atoms with Crippen molar-refractivity contribution in [2.75, 3.05) is 6.61 Å². The number of aryl methyl sites for hydroxylation is 1. The molecule has 4 aromatic rings. The third-order valence-corrected chi connectivity index (χ3v) is 5.61. The fourth-order valence-corrected chi connectivity index (χ4v) is 3.74. The van der Waals surface area contributed by atoms with E-state index in [1.54, 1.807) is 25.3 Å². The van der Waals surface area contributed by atoms with Gasteiger partial charge in [0.1, 0.15) is 29.6 Å². The van der Waals surface area contributed by atoms with E-state index in [9.17, 15) is 22.8 Å². The second-order valence-electron chi connectivity index (χ2n) is 7.83. The maximum atomic E-state index is 15.0. The Hall–Kier alpha value is -4.15. The third kappa shape index (κ3) is 4.61. The maximum Gasteiger partial charge on any atom is 0.358 e. The number of nitrogens with zero attached hydrogens (tertiary/aromatic N) is 5. The number of hydrogen-bond donors (Lipinski definition) is 0. The Bertz CT molecular complexity index is 1450. The molecule has 2 heterocycles. The minimum absolute atomic E-state index is 0.103. The number of carbonyl (C=O) groups excluding carboxylic acids is 1. The van der Waals surface area contributed by atoms with Gasteiger partial charge in [-0.25, -0.2) is 27.7 Å². The fourth-order valence-electron chi connectivity index (χ4n) is 3.74. The van der Waals surface area contributed by atoms with E-state index in [2.05, 4.69) is 10.1 Å². The van der Waals surface area contributed by atoms with Gasteiger partial charge in [-0.3, -0.25) is 4.57 Å². The van der Waals surface area contributed by atoms with Crippen molar-refractivity contribution >= 4 is 5.97 Å². The molecule has 0 atom stereocenters. The molecule has 0 radical (unpaired) electrons. The molecule has 11 heteroatoms. The molecule has 2 aromatic heterocycles. The number of esters is 1. The summed E-state index contributed by atoms with van der Waals surface area (Å²) in [4.78, 5) is 29.1. The van der Waals surface area contributed by atoms with Crippen LogP contribution in [0.25, 0.3) is 5.69 Å². The van der Waals surface area contributed by atoms with Crippen molar-refractivity contribution < 1.29 is 22.7 Å². The summed E-state index contributed by atoms with van der Waals surface area (Å²) in [6, 6.07) is 7.58. The molecular weight excluding hydrogens is 463 g/mol. The van der Waals surface area contributed by atoms with E-state index in [0.717, 1.165) is 33.8 Å². The molecule has 0 unspecified atom stereocenters. The van der Waals surface area contributed by atoms with Crippen LogP contribution < -0.4 is 5.69 Å². The Balaban J connectivity index is 1.59. The Morgan fingerprint density at radius 2 is 1.74 bits per heavy atom. The largest absolute Gasteiger partial charge is 0.461 e. The standard InChI is InChI=1S/C24H22F3N5O3/c1-4-35-23(33)22-14(2)31(15(3)29-22)11-16-8-9-17(10-21(16)27)32-24(34)30(13-28-32)12-18-19(25)6-5-7-20(18)26/h5-10,13H,4,11-12H2,1-3H3. The highest BCUT2D eigenvalue weighted by Gasteiger charge is 2.20. The van der Waals surface area contributed by atoms with E-state index >= 15 is 0 Å². The Labute approximate surface area is 198 Å². The van der Waals surface area contributed by atoms with E-state index in [-0.39, 0.29) is 36.6 Å². The fraction of sp³-hybridized carbons (Fsp3) is 0.250. The lowest BCUT2D eigenvalue weighted by Crippen LogP contribution is -2.25. The van der Waals surface area contributed by atoms with Crippen LogP contribution in [0.15, 0.2) is 47.5 Å². The van der Waals surface area contributed by atoms with Gasteiger partial charge in [0, 0.05) is 22.9 Å². The average Bonchev–Trinajstić information content (AvgIpc) is 3.31. The van der Waals surface area contributed by atoms with Crippen LogP contribution in [-0.4, -0.2) is 36.5 Å². The van der Waals surface area contributed by atoms with Crippen LogP contribution in [0.3, 0.4) is 0 Å². The van der Waals surface area contributed by atoms with Gasteiger partial charge in [0.05, 0.1) is 25.4 Å². The molecule has 4 rings (SSSR count). The van der Waals surface area contributed by atoms with E-state index in [1.807, 2.05) is 0 Å². The minimum atomic E-state index is -0.781. The first-order valence-electron chi connectivity index (χ1n) is 10.8. The van der Waals surface area contributed by atoms with Gasteiger partial charge in [0.2, 0.25) is 0 Å². The van der Waals surface area contributed by atoms with Gasteiger partial charge in [-0.2, -0.15) is 9.78 Å². The Morgan fingerprint density at radius 1 is 1.03 bits per heavy atom. The van der Waals surface area contributed by atoms with E-state index in [1.165, 1.54) is 18.2 Å². The van der Waals surface area contributed by atoms with Crippen molar-refractivity contribution in [1.82, 2.24) is 23.9 Å². The van der Waals surface area contributed by atoms with E-state index in [0.29, 0.717) is 17.1 Å². The van der Waals surface area contributed by atoms with Crippen molar-refractivity contribution in [2.24, 2.45) is 0 Å². The molecule has 0 aliphatic carbocycles. The lowest BCUT2D eigenvalue weighted by atomic mass is 10.2. The first-order chi connectivity index (χ1) is 16.7. The molecule has 35 heavy (non-hydrogen) atoms. The molecule has 0 fully saturated rings. The summed E-state index contributed by atoms with van der Waals surface area (Å²) in [5.74, 6) is -2.20. The van der Waals surface area contributed by atoms with Crippen LogP contribution >= 0.6 is 0 Å². The van der Waals surface area contributed by atoms with Crippen LogP contribution in [0.5, 0.6) is 0 Å². The summed E-state index contributed by atoms with van der Waals surface area (Å²) >= 11 is 0. The van der Waals surface area contributed by atoms with Gasteiger partial charge in [0.25, 0.3) is 0 Å². The van der Waals surface area contributed by atoms with Crippen LogP contribution in [0.2, 0.25) is 0 Å². The topological polar surface area (TPSA) is 83.9 Å². The SMILES string of the molecule is CCOC(=O)c1nc(C)n(Cc2ccc(-n3ncn(Cc4c(F)cccc4F)c3=O)cc2F)c1C. The van der Waals surface area contributed by atoms with E-state index < -0.39 is 29.1 Å². The molecular formula is C24H22F3N5O3. The maximum absolute atomic E-state index is 15.0. The molecule has 0 saturated carbocycles. The lowest BCUT2D eigenvalue weighted by Gasteiger charge is -2.10. The number of benzene rings is 2. The minimum Gasteiger partial charge on any atom is -0.461 e. The molecule has 0 N–H and O–H groups in total. The van der Waals surface area contributed by atoms with Crippen LogP contribution in [0.1, 0.15) is 40.1 Å². The molecule has 0 bridgehead atoms. The van der Waals surface area contributed by atoms with Crippen molar-refractivity contribution in [3.8, 4) is 5.69 Å².